The second kappa shape index (κ2) is 10.2. The fourth-order valence-corrected chi connectivity index (χ4v) is 2.57. The van der Waals surface area contributed by atoms with Gasteiger partial charge in [0.2, 0.25) is 0 Å². The first-order valence-electron chi connectivity index (χ1n) is 9.18. The zero-order valence-electron chi connectivity index (χ0n) is 15.9. The number of aliphatic hydroxyl groups is 1. The van der Waals surface area contributed by atoms with E-state index in [0.29, 0.717) is 18.9 Å². The maximum absolute atomic E-state index is 10.1. The lowest BCUT2D eigenvalue weighted by molar-refractivity contribution is 0.117. The van der Waals surface area contributed by atoms with Crippen LogP contribution in [0.3, 0.4) is 0 Å². The molecule has 5 nitrogen and oxygen atoms in total. The second-order valence-corrected chi connectivity index (χ2v) is 6.32. The van der Waals surface area contributed by atoms with Crippen molar-refractivity contribution in [2.75, 3.05) is 25.6 Å². The van der Waals surface area contributed by atoms with Crippen molar-refractivity contribution in [2.24, 2.45) is 0 Å². The highest BCUT2D eigenvalue weighted by Gasteiger charge is 2.06. The van der Waals surface area contributed by atoms with Crippen molar-refractivity contribution in [3.8, 4) is 17.2 Å². The van der Waals surface area contributed by atoms with Crippen LogP contribution in [0.15, 0.2) is 78.9 Å². The Morgan fingerprint density at radius 1 is 0.786 bits per heavy atom. The van der Waals surface area contributed by atoms with E-state index in [4.69, 9.17) is 14.2 Å². The van der Waals surface area contributed by atoms with Gasteiger partial charge in [-0.3, -0.25) is 0 Å². The molecule has 0 saturated carbocycles. The first-order valence-corrected chi connectivity index (χ1v) is 9.18. The Morgan fingerprint density at radius 2 is 1.39 bits per heavy atom. The molecule has 0 aromatic heterocycles. The van der Waals surface area contributed by atoms with Crippen LogP contribution >= 0.6 is 0 Å². The van der Waals surface area contributed by atoms with Crippen molar-refractivity contribution in [1.29, 1.82) is 0 Å². The molecule has 0 aliphatic rings. The van der Waals surface area contributed by atoms with Gasteiger partial charge in [0.15, 0.2) is 0 Å². The van der Waals surface area contributed by atoms with Crippen LogP contribution in [-0.2, 0) is 6.61 Å². The normalized spacial score (nSPS) is 11.5. The summed E-state index contributed by atoms with van der Waals surface area (Å²) in [6, 6.07) is 25.0. The van der Waals surface area contributed by atoms with Crippen molar-refractivity contribution >= 4 is 5.69 Å². The molecule has 3 aromatic rings. The number of ether oxygens (including phenoxy) is 3. The standard InChI is InChI=1S/C23H25NO4/c1-26-21-9-7-19(8-10-21)24-15-20(25)17-28-23-13-11-22(12-14-23)27-16-18-5-3-2-4-6-18/h2-14,20,24-25H,15-17H2,1H3/t20-/m0/s1. The van der Waals surface area contributed by atoms with Crippen LogP contribution in [0.2, 0.25) is 0 Å². The summed E-state index contributed by atoms with van der Waals surface area (Å²) in [5.74, 6) is 2.26. The molecule has 0 aliphatic heterocycles. The van der Waals surface area contributed by atoms with Gasteiger partial charge >= 0.3 is 0 Å². The first-order chi connectivity index (χ1) is 13.7. The van der Waals surface area contributed by atoms with Crippen LogP contribution in [0.25, 0.3) is 0 Å². The van der Waals surface area contributed by atoms with Crippen LogP contribution in [0.5, 0.6) is 17.2 Å². The lowest BCUT2D eigenvalue weighted by Gasteiger charge is -2.14. The van der Waals surface area contributed by atoms with E-state index in [1.807, 2.05) is 78.9 Å². The quantitative estimate of drug-likeness (QED) is 0.555. The Morgan fingerprint density at radius 3 is 2.04 bits per heavy atom. The molecule has 28 heavy (non-hydrogen) atoms. The van der Waals surface area contributed by atoms with Gasteiger partial charge in [0, 0.05) is 12.2 Å². The van der Waals surface area contributed by atoms with Gasteiger partial charge in [-0.05, 0) is 54.1 Å². The van der Waals surface area contributed by atoms with Crippen molar-refractivity contribution in [2.45, 2.75) is 12.7 Å². The summed E-state index contributed by atoms with van der Waals surface area (Å²) in [6.45, 7) is 1.12. The minimum atomic E-state index is -0.629. The van der Waals surface area contributed by atoms with Gasteiger partial charge in [0.05, 0.1) is 7.11 Å². The number of rotatable bonds is 10. The lowest BCUT2D eigenvalue weighted by atomic mass is 10.2. The van der Waals surface area contributed by atoms with Crippen molar-refractivity contribution in [3.05, 3.63) is 84.4 Å². The minimum absolute atomic E-state index is 0.202. The van der Waals surface area contributed by atoms with E-state index < -0.39 is 6.10 Å². The topological polar surface area (TPSA) is 60.0 Å². The van der Waals surface area contributed by atoms with E-state index in [-0.39, 0.29) is 6.61 Å². The molecular formula is C23H25NO4. The summed E-state index contributed by atoms with van der Waals surface area (Å²) < 4.78 is 16.5. The van der Waals surface area contributed by atoms with Crippen molar-refractivity contribution in [1.82, 2.24) is 0 Å². The fraction of sp³-hybridized carbons (Fsp3) is 0.217. The predicted octanol–water partition coefficient (Wildman–Crippen LogP) is 4.13. The summed E-state index contributed by atoms with van der Waals surface area (Å²) in [5.41, 5.74) is 2.04. The Balaban J connectivity index is 1.38. The van der Waals surface area contributed by atoms with E-state index in [0.717, 1.165) is 22.7 Å². The average molecular weight is 379 g/mol. The van der Waals surface area contributed by atoms with Gasteiger partial charge in [-0.2, -0.15) is 0 Å². The number of benzene rings is 3. The van der Waals surface area contributed by atoms with E-state index in [1.165, 1.54) is 0 Å². The number of hydrogen-bond acceptors (Lipinski definition) is 5. The molecule has 0 unspecified atom stereocenters. The van der Waals surface area contributed by atoms with Gasteiger partial charge in [0.1, 0.15) is 36.6 Å². The van der Waals surface area contributed by atoms with E-state index in [9.17, 15) is 5.11 Å². The van der Waals surface area contributed by atoms with Gasteiger partial charge in [-0.25, -0.2) is 0 Å². The monoisotopic (exact) mass is 379 g/mol. The van der Waals surface area contributed by atoms with Crippen LogP contribution in [0, 0.1) is 0 Å². The first kappa shape index (κ1) is 19.6. The third kappa shape index (κ3) is 6.21. The SMILES string of the molecule is COc1ccc(NC[C@H](O)COc2ccc(OCc3ccccc3)cc2)cc1. The molecule has 2 N–H and O–H groups in total. The van der Waals surface area contributed by atoms with Gasteiger partial charge in [-0.1, -0.05) is 30.3 Å². The Hall–Kier alpha value is -3.18. The molecule has 146 valence electrons. The van der Waals surface area contributed by atoms with Gasteiger partial charge < -0.3 is 24.6 Å². The Bertz CT molecular complexity index is 819. The third-order valence-corrected chi connectivity index (χ3v) is 4.15. The summed E-state index contributed by atoms with van der Waals surface area (Å²) in [5, 5.41) is 13.3. The number of nitrogens with one attached hydrogen (secondary N) is 1. The molecule has 0 aliphatic carbocycles. The lowest BCUT2D eigenvalue weighted by Crippen LogP contribution is -2.26. The van der Waals surface area contributed by atoms with E-state index in [2.05, 4.69) is 5.32 Å². The summed E-state index contributed by atoms with van der Waals surface area (Å²) in [6.07, 6.45) is -0.629. The van der Waals surface area contributed by atoms with E-state index >= 15 is 0 Å². The maximum Gasteiger partial charge on any atom is 0.120 e. The molecule has 0 saturated heterocycles. The fourth-order valence-electron chi connectivity index (χ4n) is 2.57. The molecule has 0 radical (unpaired) electrons. The summed E-state index contributed by atoms with van der Waals surface area (Å²) in [4.78, 5) is 0. The highest BCUT2D eigenvalue weighted by Crippen LogP contribution is 2.19. The summed E-state index contributed by atoms with van der Waals surface area (Å²) >= 11 is 0. The zero-order valence-corrected chi connectivity index (χ0v) is 15.9. The van der Waals surface area contributed by atoms with Crippen LogP contribution in [0.4, 0.5) is 5.69 Å². The van der Waals surface area contributed by atoms with Crippen LogP contribution in [-0.4, -0.2) is 31.5 Å². The Labute approximate surface area is 165 Å². The number of aliphatic hydroxyl groups excluding tert-OH is 1. The predicted molar refractivity (Wildman–Crippen MR) is 110 cm³/mol. The smallest absolute Gasteiger partial charge is 0.120 e. The maximum atomic E-state index is 10.1. The largest absolute Gasteiger partial charge is 0.497 e. The van der Waals surface area contributed by atoms with E-state index in [1.54, 1.807) is 7.11 Å². The summed E-state index contributed by atoms with van der Waals surface area (Å²) in [7, 11) is 1.63. The minimum Gasteiger partial charge on any atom is -0.497 e. The molecule has 0 amide bonds. The van der Waals surface area contributed by atoms with Crippen LogP contribution in [0.1, 0.15) is 5.56 Å². The average Bonchev–Trinajstić information content (AvgIpc) is 2.76. The number of hydrogen-bond donors (Lipinski definition) is 2. The number of methoxy groups -OCH3 is 1. The second-order valence-electron chi connectivity index (χ2n) is 6.32. The number of anilines is 1. The molecule has 0 bridgehead atoms. The highest BCUT2D eigenvalue weighted by molar-refractivity contribution is 5.46. The molecule has 0 heterocycles. The highest BCUT2D eigenvalue weighted by atomic mass is 16.5. The third-order valence-electron chi connectivity index (χ3n) is 4.15. The van der Waals surface area contributed by atoms with Gasteiger partial charge in [-0.15, -0.1) is 0 Å². The van der Waals surface area contributed by atoms with Crippen molar-refractivity contribution < 1.29 is 19.3 Å². The zero-order chi connectivity index (χ0) is 19.6. The molecule has 3 aromatic carbocycles. The molecule has 0 spiro atoms. The molecule has 1 atom stereocenters. The molecule has 0 fully saturated rings. The molecule has 3 rings (SSSR count). The molecular weight excluding hydrogens is 354 g/mol. The van der Waals surface area contributed by atoms with Crippen LogP contribution < -0.4 is 19.5 Å². The molecule has 5 heteroatoms. The van der Waals surface area contributed by atoms with Crippen molar-refractivity contribution in [3.63, 3.8) is 0 Å². The van der Waals surface area contributed by atoms with Gasteiger partial charge in [0.25, 0.3) is 0 Å². The Kier molecular flexibility index (Phi) is 7.15.